The lowest BCUT2D eigenvalue weighted by molar-refractivity contribution is -0.115. The number of esters is 1. The first-order valence-corrected chi connectivity index (χ1v) is 9.32. The number of nitrogens with one attached hydrogen (secondary N) is 1. The standard InChI is InChI=1S/C18H23NO3S/c1-2-22-18(21)16-14-9-4-3-5-10-15(14)23-17(16)19-12-7-6-8-13(20)11-12/h11,19H,2-10H2,1H3. The normalized spacial score (nSPS) is 18.0. The number of anilines is 1. The molecule has 1 aromatic rings. The van der Waals surface area contributed by atoms with Crippen LogP contribution < -0.4 is 5.32 Å². The van der Waals surface area contributed by atoms with Crippen molar-refractivity contribution in [3.63, 3.8) is 0 Å². The number of allylic oxidation sites excluding steroid dienone is 2. The van der Waals surface area contributed by atoms with E-state index in [9.17, 15) is 9.59 Å². The van der Waals surface area contributed by atoms with Crippen molar-refractivity contribution in [2.45, 2.75) is 58.3 Å². The molecular weight excluding hydrogens is 310 g/mol. The fourth-order valence-electron chi connectivity index (χ4n) is 3.29. The molecule has 0 bridgehead atoms. The van der Waals surface area contributed by atoms with Crippen LogP contribution in [-0.2, 0) is 22.4 Å². The van der Waals surface area contributed by atoms with Gasteiger partial charge in [-0.1, -0.05) is 6.42 Å². The van der Waals surface area contributed by atoms with E-state index in [1.165, 1.54) is 17.7 Å². The highest BCUT2D eigenvalue weighted by Crippen LogP contribution is 2.39. The topological polar surface area (TPSA) is 55.4 Å². The summed E-state index contributed by atoms with van der Waals surface area (Å²) in [6.07, 6.45) is 9.53. The average molecular weight is 333 g/mol. The molecule has 23 heavy (non-hydrogen) atoms. The summed E-state index contributed by atoms with van der Waals surface area (Å²) in [5.74, 6) is -0.0771. The molecule has 0 aromatic carbocycles. The van der Waals surface area contributed by atoms with E-state index in [0.29, 0.717) is 18.6 Å². The summed E-state index contributed by atoms with van der Waals surface area (Å²) in [5.41, 5.74) is 2.78. The van der Waals surface area contributed by atoms with Crippen molar-refractivity contribution in [2.24, 2.45) is 0 Å². The van der Waals surface area contributed by atoms with E-state index in [-0.39, 0.29) is 11.8 Å². The zero-order chi connectivity index (χ0) is 16.2. The van der Waals surface area contributed by atoms with Gasteiger partial charge in [0.2, 0.25) is 0 Å². The molecule has 0 amide bonds. The molecule has 0 spiro atoms. The Hall–Kier alpha value is -1.62. The molecule has 124 valence electrons. The molecule has 0 saturated heterocycles. The molecule has 5 heteroatoms. The number of carbonyl (C=O) groups excluding carboxylic acids is 2. The Balaban J connectivity index is 1.95. The molecular formula is C18H23NO3S. The maximum atomic E-state index is 12.5. The van der Waals surface area contributed by atoms with Gasteiger partial charge in [-0.2, -0.15) is 0 Å². The molecule has 0 radical (unpaired) electrons. The number of rotatable bonds is 4. The van der Waals surface area contributed by atoms with Crippen molar-refractivity contribution < 1.29 is 14.3 Å². The number of aryl methyl sites for hydroxylation is 1. The van der Waals surface area contributed by atoms with Gasteiger partial charge in [-0.25, -0.2) is 4.79 Å². The highest BCUT2D eigenvalue weighted by atomic mass is 32.1. The molecule has 3 rings (SSSR count). The molecule has 1 N–H and O–H groups in total. The van der Waals surface area contributed by atoms with Gasteiger partial charge < -0.3 is 10.1 Å². The second kappa shape index (κ2) is 7.30. The highest BCUT2D eigenvalue weighted by molar-refractivity contribution is 7.16. The van der Waals surface area contributed by atoms with Crippen LogP contribution in [0.5, 0.6) is 0 Å². The predicted octanol–water partition coefficient (Wildman–Crippen LogP) is 4.24. The Bertz CT molecular complexity index is 645. The molecule has 0 unspecified atom stereocenters. The van der Waals surface area contributed by atoms with Crippen molar-refractivity contribution in [2.75, 3.05) is 11.9 Å². The van der Waals surface area contributed by atoms with Crippen LogP contribution in [0, 0.1) is 0 Å². The third-order valence-corrected chi connectivity index (χ3v) is 5.59. The van der Waals surface area contributed by atoms with E-state index < -0.39 is 0 Å². The molecule has 0 aliphatic heterocycles. The largest absolute Gasteiger partial charge is 0.462 e. The Morgan fingerprint density at radius 1 is 1.17 bits per heavy atom. The maximum Gasteiger partial charge on any atom is 0.341 e. The Kier molecular flexibility index (Phi) is 5.16. The first-order valence-electron chi connectivity index (χ1n) is 8.51. The van der Waals surface area contributed by atoms with Crippen LogP contribution in [0.4, 0.5) is 5.00 Å². The van der Waals surface area contributed by atoms with Gasteiger partial charge in [-0.15, -0.1) is 11.3 Å². The van der Waals surface area contributed by atoms with E-state index in [0.717, 1.165) is 48.4 Å². The van der Waals surface area contributed by atoms with Crippen molar-refractivity contribution in [1.29, 1.82) is 0 Å². The fraction of sp³-hybridized carbons (Fsp3) is 0.556. The molecule has 1 aromatic heterocycles. The van der Waals surface area contributed by atoms with Gasteiger partial charge in [0.15, 0.2) is 5.78 Å². The van der Waals surface area contributed by atoms with Gasteiger partial charge in [-0.05, 0) is 51.0 Å². The summed E-state index contributed by atoms with van der Waals surface area (Å²) in [7, 11) is 0. The van der Waals surface area contributed by atoms with Crippen LogP contribution in [0.3, 0.4) is 0 Å². The maximum absolute atomic E-state index is 12.5. The highest BCUT2D eigenvalue weighted by Gasteiger charge is 2.26. The lowest BCUT2D eigenvalue weighted by Gasteiger charge is -2.14. The number of hydrogen-bond acceptors (Lipinski definition) is 5. The number of fused-ring (bicyclic) bond motifs is 1. The van der Waals surface area contributed by atoms with Crippen molar-refractivity contribution in [3.05, 3.63) is 27.8 Å². The molecule has 4 nitrogen and oxygen atoms in total. The molecule has 0 fully saturated rings. The van der Waals surface area contributed by atoms with E-state index in [1.54, 1.807) is 17.4 Å². The minimum Gasteiger partial charge on any atom is -0.462 e. The molecule has 2 aliphatic rings. The van der Waals surface area contributed by atoms with E-state index in [2.05, 4.69) is 5.32 Å². The Labute approximate surface area is 140 Å². The summed E-state index contributed by atoms with van der Waals surface area (Å²) in [4.78, 5) is 25.4. The summed E-state index contributed by atoms with van der Waals surface area (Å²) >= 11 is 1.66. The quantitative estimate of drug-likeness (QED) is 0.661. The number of thiophene rings is 1. The van der Waals surface area contributed by atoms with Gasteiger partial charge in [0.25, 0.3) is 0 Å². The van der Waals surface area contributed by atoms with Crippen LogP contribution in [-0.4, -0.2) is 18.4 Å². The SMILES string of the molecule is CCOC(=O)c1c(NC2=CC(=O)CCC2)sc2c1CCCCC2. The summed E-state index contributed by atoms with van der Waals surface area (Å²) in [6.45, 7) is 2.21. The predicted molar refractivity (Wildman–Crippen MR) is 92.1 cm³/mol. The van der Waals surface area contributed by atoms with Crippen LogP contribution in [0.1, 0.15) is 66.2 Å². The van der Waals surface area contributed by atoms with Crippen LogP contribution in [0.2, 0.25) is 0 Å². The van der Waals surface area contributed by atoms with Crippen molar-refractivity contribution >= 4 is 28.1 Å². The minimum atomic E-state index is -0.239. The van der Waals surface area contributed by atoms with Gasteiger partial charge >= 0.3 is 5.97 Å². The van der Waals surface area contributed by atoms with E-state index in [4.69, 9.17) is 4.74 Å². The summed E-state index contributed by atoms with van der Waals surface area (Å²) in [6, 6.07) is 0. The molecule has 1 heterocycles. The summed E-state index contributed by atoms with van der Waals surface area (Å²) in [5, 5.41) is 4.21. The monoisotopic (exact) mass is 333 g/mol. The average Bonchev–Trinajstić information content (AvgIpc) is 2.69. The number of hydrogen-bond donors (Lipinski definition) is 1. The first kappa shape index (κ1) is 16.2. The number of carbonyl (C=O) groups is 2. The van der Waals surface area contributed by atoms with Gasteiger partial charge in [0.1, 0.15) is 5.00 Å². The van der Waals surface area contributed by atoms with Crippen molar-refractivity contribution in [1.82, 2.24) is 0 Å². The van der Waals surface area contributed by atoms with Crippen LogP contribution >= 0.6 is 11.3 Å². The van der Waals surface area contributed by atoms with E-state index >= 15 is 0 Å². The molecule has 2 aliphatic carbocycles. The fourth-order valence-corrected chi connectivity index (χ4v) is 4.60. The minimum absolute atomic E-state index is 0.162. The smallest absolute Gasteiger partial charge is 0.341 e. The van der Waals surface area contributed by atoms with Gasteiger partial charge in [0, 0.05) is 23.1 Å². The lowest BCUT2D eigenvalue weighted by Crippen LogP contribution is -2.12. The third-order valence-electron chi connectivity index (χ3n) is 4.38. The van der Waals surface area contributed by atoms with E-state index in [1.807, 2.05) is 6.92 Å². The number of ether oxygens (including phenoxy) is 1. The molecule has 0 saturated carbocycles. The van der Waals surface area contributed by atoms with Gasteiger partial charge in [0.05, 0.1) is 12.2 Å². The zero-order valence-corrected chi connectivity index (χ0v) is 14.4. The number of ketones is 1. The second-order valence-electron chi connectivity index (χ2n) is 6.10. The Morgan fingerprint density at radius 3 is 2.78 bits per heavy atom. The van der Waals surface area contributed by atoms with Crippen LogP contribution in [0.15, 0.2) is 11.8 Å². The van der Waals surface area contributed by atoms with Crippen molar-refractivity contribution in [3.8, 4) is 0 Å². The zero-order valence-electron chi connectivity index (χ0n) is 13.6. The first-order chi connectivity index (χ1) is 11.2. The lowest BCUT2D eigenvalue weighted by atomic mass is 10.0. The molecule has 0 atom stereocenters. The summed E-state index contributed by atoms with van der Waals surface area (Å²) < 4.78 is 5.29. The van der Waals surface area contributed by atoms with Gasteiger partial charge in [-0.3, -0.25) is 4.79 Å². The Morgan fingerprint density at radius 2 is 2.00 bits per heavy atom. The second-order valence-corrected chi connectivity index (χ2v) is 7.21. The van der Waals surface area contributed by atoms with Crippen LogP contribution in [0.25, 0.3) is 0 Å². The third kappa shape index (κ3) is 3.66.